The molecule has 17 heavy (non-hydrogen) atoms. The number of rotatable bonds is 1. The summed E-state index contributed by atoms with van der Waals surface area (Å²) in [6.07, 6.45) is 5.68. The van der Waals surface area contributed by atoms with E-state index in [-0.39, 0.29) is 5.91 Å². The van der Waals surface area contributed by atoms with Gasteiger partial charge in [0.1, 0.15) is 0 Å². The zero-order chi connectivity index (χ0) is 12.0. The fourth-order valence-electron chi connectivity index (χ4n) is 3.07. The van der Waals surface area contributed by atoms with Crippen LogP contribution in [0.15, 0.2) is 10.8 Å². The first kappa shape index (κ1) is 11.3. The van der Waals surface area contributed by atoms with Crippen LogP contribution in [0.3, 0.4) is 0 Å². The number of amides is 1. The number of aryl methyl sites for hydroxylation is 1. The van der Waals surface area contributed by atoms with E-state index < -0.39 is 0 Å². The molecule has 92 valence electrons. The van der Waals surface area contributed by atoms with E-state index in [4.69, 9.17) is 4.42 Å². The summed E-state index contributed by atoms with van der Waals surface area (Å²) < 4.78 is 5.22. The topological polar surface area (TPSA) is 46.3 Å². The summed E-state index contributed by atoms with van der Waals surface area (Å²) >= 11 is 3.68. The Labute approximate surface area is 109 Å². The minimum Gasteiger partial charge on any atom is -0.438 e. The van der Waals surface area contributed by atoms with Gasteiger partial charge in [-0.2, -0.15) is 0 Å². The molecule has 2 saturated heterocycles. The summed E-state index contributed by atoms with van der Waals surface area (Å²) in [7, 11) is 0. The smallest absolute Gasteiger partial charge is 0.292 e. The van der Waals surface area contributed by atoms with Crippen LogP contribution in [0.25, 0.3) is 0 Å². The maximum Gasteiger partial charge on any atom is 0.292 e. The monoisotopic (exact) mass is 298 g/mol. The summed E-state index contributed by atoms with van der Waals surface area (Å²) in [6.45, 7) is 1.82. The lowest BCUT2D eigenvalue weighted by atomic mass is 10.0. The van der Waals surface area contributed by atoms with Gasteiger partial charge in [0.2, 0.25) is 5.76 Å². The van der Waals surface area contributed by atoms with Gasteiger partial charge >= 0.3 is 0 Å². The molecule has 2 atom stereocenters. The molecule has 0 spiro atoms. The predicted octanol–water partition coefficient (Wildman–Crippen LogP) is 2.51. The van der Waals surface area contributed by atoms with Crippen molar-refractivity contribution in [2.45, 2.75) is 49.5 Å². The average Bonchev–Trinajstić information content (AvgIpc) is 2.81. The Morgan fingerprint density at radius 2 is 2.12 bits per heavy atom. The Bertz CT molecular complexity index is 431. The van der Waals surface area contributed by atoms with E-state index in [2.05, 4.69) is 20.9 Å². The van der Waals surface area contributed by atoms with E-state index in [0.29, 0.717) is 28.4 Å². The van der Waals surface area contributed by atoms with Gasteiger partial charge < -0.3 is 9.32 Å². The van der Waals surface area contributed by atoms with Crippen molar-refractivity contribution in [1.29, 1.82) is 0 Å². The number of hydrogen-bond acceptors (Lipinski definition) is 3. The molecule has 1 aromatic rings. The molecular formula is C12H15BrN2O2. The molecule has 0 aliphatic carbocycles. The zero-order valence-corrected chi connectivity index (χ0v) is 11.3. The van der Waals surface area contributed by atoms with Gasteiger partial charge in [-0.15, -0.1) is 0 Å². The van der Waals surface area contributed by atoms with Crippen molar-refractivity contribution >= 4 is 21.8 Å². The average molecular weight is 299 g/mol. The van der Waals surface area contributed by atoms with Gasteiger partial charge in [-0.05, 0) is 32.6 Å². The highest BCUT2D eigenvalue weighted by Gasteiger charge is 2.43. The minimum atomic E-state index is 0.0203. The van der Waals surface area contributed by atoms with Crippen molar-refractivity contribution in [3.05, 3.63) is 17.8 Å². The van der Waals surface area contributed by atoms with E-state index in [0.717, 1.165) is 25.7 Å². The Hall–Kier alpha value is -0.840. The number of aromatic nitrogens is 1. The molecule has 2 fully saturated rings. The van der Waals surface area contributed by atoms with E-state index >= 15 is 0 Å². The van der Waals surface area contributed by atoms with Gasteiger partial charge in [0.15, 0.2) is 6.39 Å². The van der Waals surface area contributed by atoms with Crippen LogP contribution in [0.5, 0.6) is 0 Å². The highest BCUT2D eigenvalue weighted by Crippen LogP contribution is 2.39. The van der Waals surface area contributed by atoms with Crippen molar-refractivity contribution < 1.29 is 9.21 Å². The van der Waals surface area contributed by atoms with Crippen molar-refractivity contribution in [2.24, 2.45) is 0 Å². The first-order valence-corrected chi connectivity index (χ1v) is 6.95. The quantitative estimate of drug-likeness (QED) is 0.749. The Balaban J connectivity index is 1.86. The maximum atomic E-state index is 12.4. The van der Waals surface area contributed by atoms with Crippen LogP contribution in [0.1, 0.15) is 41.9 Å². The number of hydrogen-bond donors (Lipinski definition) is 0. The van der Waals surface area contributed by atoms with Gasteiger partial charge in [-0.25, -0.2) is 4.98 Å². The van der Waals surface area contributed by atoms with Crippen LogP contribution in [-0.4, -0.2) is 32.7 Å². The van der Waals surface area contributed by atoms with E-state index in [1.165, 1.54) is 6.39 Å². The lowest BCUT2D eigenvalue weighted by Gasteiger charge is -2.36. The highest BCUT2D eigenvalue weighted by molar-refractivity contribution is 9.09. The molecule has 4 nitrogen and oxygen atoms in total. The number of carbonyl (C=O) groups excluding carboxylic acids is 1. The first-order valence-electron chi connectivity index (χ1n) is 6.03. The summed E-state index contributed by atoms with van der Waals surface area (Å²) in [5, 5.41) is 0. The maximum absolute atomic E-state index is 12.4. The number of alkyl halides is 1. The lowest BCUT2D eigenvalue weighted by molar-refractivity contribution is 0.0569. The number of halogens is 1. The molecule has 0 N–H and O–H groups in total. The van der Waals surface area contributed by atoms with E-state index in [1.807, 2.05) is 11.8 Å². The predicted molar refractivity (Wildman–Crippen MR) is 66.2 cm³/mol. The minimum absolute atomic E-state index is 0.0203. The molecule has 0 radical (unpaired) electrons. The first-order chi connectivity index (χ1) is 8.16. The van der Waals surface area contributed by atoms with Crippen molar-refractivity contribution in [2.75, 3.05) is 0 Å². The fraction of sp³-hybridized carbons (Fsp3) is 0.667. The zero-order valence-electron chi connectivity index (χ0n) is 9.73. The molecular weight excluding hydrogens is 284 g/mol. The second-order valence-electron chi connectivity index (χ2n) is 4.93. The van der Waals surface area contributed by atoms with Gasteiger partial charge in [0, 0.05) is 16.9 Å². The summed E-state index contributed by atoms with van der Waals surface area (Å²) in [4.78, 5) is 19.0. The third-order valence-corrected chi connectivity index (χ3v) is 4.60. The van der Waals surface area contributed by atoms with Gasteiger partial charge in [-0.3, -0.25) is 4.79 Å². The molecule has 0 aromatic carbocycles. The van der Waals surface area contributed by atoms with Crippen LogP contribution in [0.4, 0.5) is 0 Å². The molecule has 2 unspecified atom stereocenters. The molecule has 2 aliphatic rings. The summed E-state index contributed by atoms with van der Waals surface area (Å²) in [5.41, 5.74) is 0.690. The number of fused-ring (bicyclic) bond motifs is 2. The molecule has 2 aliphatic heterocycles. The standard InChI is InChI=1S/C12H15BrN2O2/c1-7-11(17-6-14-7)12(16)15-9-2-3-10(15)5-8(13)4-9/h6,8-10H,2-5H2,1H3. The summed E-state index contributed by atoms with van der Waals surface area (Å²) in [5.74, 6) is 0.432. The van der Waals surface area contributed by atoms with Crippen molar-refractivity contribution in [3.63, 3.8) is 0 Å². The molecule has 5 heteroatoms. The SMILES string of the molecule is Cc1ncoc1C(=O)N1C2CCC1CC(Br)C2. The number of nitrogens with zero attached hydrogens (tertiary/aromatic N) is 2. The van der Waals surface area contributed by atoms with Crippen LogP contribution in [-0.2, 0) is 0 Å². The molecule has 1 amide bonds. The van der Waals surface area contributed by atoms with Crippen LogP contribution in [0, 0.1) is 6.92 Å². The van der Waals surface area contributed by atoms with Crippen LogP contribution in [0.2, 0.25) is 0 Å². The molecule has 0 saturated carbocycles. The van der Waals surface area contributed by atoms with Crippen molar-refractivity contribution in [3.8, 4) is 0 Å². The van der Waals surface area contributed by atoms with Crippen molar-refractivity contribution in [1.82, 2.24) is 9.88 Å². The lowest BCUT2D eigenvalue weighted by Crippen LogP contribution is -2.46. The van der Waals surface area contributed by atoms with Crippen LogP contribution >= 0.6 is 15.9 Å². The summed E-state index contributed by atoms with van der Waals surface area (Å²) in [6, 6.07) is 0.741. The van der Waals surface area contributed by atoms with Gasteiger partial charge in [0.25, 0.3) is 5.91 Å². The number of piperidine rings is 1. The number of carbonyl (C=O) groups is 1. The fourth-order valence-corrected chi connectivity index (χ4v) is 3.93. The third-order valence-electron chi connectivity index (χ3n) is 3.85. The Kier molecular flexibility index (Phi) is 2.73. The van der Waals surface area contributed by atoms with Crippen LogP contribution < -0.4 is 0 Å². The van der Waals surface area contributed by atoms with Gasteiger partial charge in [0.05, 0.1) is 5.69 Å². The Morgan fingerprint density at radius 3 is 2.65 bits per heavy atom. The second kappa shape index (κ2) is 4.12. The number of oxazole rings is 1. The molecule has 1 aromatic heterocycles. The molecule has 2 bridgehead atoms. The molecule has 3 rings (SSSR count). The highest BCUT2D eigenvalue weighted by atomic mass is 79.9. The second-order valence-corrected chi connectivity index (χ2v) is 6.23. The normalized spacial score (nSPS) is 31.9. The van der Waals surface area contributed by atoms with E-state index in [9.17, 15) is 4.79 Å². The van der Waals surface area contributed by atoms with Gasteiger partial charge in [-0.1, -0.05) is 15.9 Å². The third kappa shape index (κ3) is 1.80. The molecule has 3 heterocycles. The van der Waals surface area contributed by atoms with E-state index in [1.54, 1.807) is 0 Å². The Morgan fingerprint density at radius 1 is 1.47 bits per heavy atom. The largest absolute Gasteiger partial charge is 0.438 e.